The fourth-order valence-corrected chi connectivity index (χ4v) is 7.18. The molecule has 1 aliphatic carbocycles. The molecule has 3 atom stereocenters. The average molecular weight is 659 g/mol. The number of piperazine rings is 1. The molecule has 4 rings (SSSR count). The number of carbonyl (C=O) groups is 3. The molecule has 1 aromatic carbocycles. The Balaban J connectivity index is 0.00000337. The second-order valence-electron chi connectivity index (χ2n) is 13.9. The molecule has 0 unspecified atom stereocenters. The first-order valence-corrected chi connectivity index (χ1v) is 16.0. The summed E-state index contributed by atoms with van der Waals surface area (Å²) < 4.78 is 13.6. The molecule has 250 valence electrons. The number of amides is 3. The van der Waals surface area contributed by atoms with Crippen LogP contribution in [0.3, 0.4) is 0 Å². The number of piperidine rings is 1. The Labute approximate surface area is 275 Å². The van der Waals surface area contributed by atoms with Crippen LogP contribution in [0.4, 0.5) is 4.39 Å². The van der Waals surface area contributed by atoms with Gasteiger partial charge >= 0.3 is 0 Å². The van der Waals surface area contributed by atoms with Gasteiger partial charge in [0.25, 0.3) is 0 Å². The summed E-state index contributed by atoms with van der Waals surface area (Å²) in [5, 5.41) is 9.66. The van der Waals surface area contributed by atoms with Crippen molar-refractivity contribution in [1.29, 1.82) is 0 Å². The number of hydrogen-bond acceptors (Lipinski definition) is 5. The molecule has 3 amide bonds. The average Bonchev–Trinajstić information content (AvgIpc) is 2.97. The topological polar surface area (TPSA) is 93.8 Å². The van der Waals surface area contributed by atoms with Gasteiger partial charge in [-0.05, 0) is 83.5 Å². The highest BCUT2D eigenvalue weighted by atomic mass is 35.5. The lowest BCUT2D eigenvalue weighted by atomic mass is 9.63. The molecule has 0 aromatic heterocycles. The van der Waals surface area contributed by atoms with Crippen molar-refractivity contribution in [2.75, 3.05) is 33.2 Å². The van der Waals surface area contributed by atoms with Crippen LogP contribution in [0, 0.1) is 17.2 Å². The first-order chi connectivity index (χ1) is 19.9. The fraction of sp³-hybridized carbons (Fsp3) is 0.727. The molecular weight excluding hydrogens is 604 g/mol. The molecule has 1 aromatic rings. The molecule has 3 aliphatic rings. The summed E-state index contributed by atoms with van der Waals surface area (Å²) >= 11 is 0. The van der Waals surface area contributed by atoms with Crippen LogP contribution in [0.2, 0.25) is 0 Å². The Bertz CT molecular complexity index is 1090. The third-order valence-corrected chi connectivity index (χ3v) is 9.74. The van der Waals surface area contributed by atoms with Crippen LogP contribution >= 0.6 is 24.8 Å². The molecule has 3 N–H and O–H groups in total. The standard InChI is InChI=1S/C33H52FN5O3.2ClH/c1-6-26-21-35-28(22-38(26)5)29(40)36-27(20-23-12-14-25(34)15-13-23)30(41)39-18-16-33(17-19-39,24-10-8-7-9-11-24)31(42)37-32(2,3)4;;/h12-15,24,26-28,35H,6-11,16-22H2,1-5H3,(H,36,40)(H,37,42);2*1H/t26-,27+,28-;;/m0../s1. The van der Waals surface area contributed by atoms with Crippen molar-refractivity contribution in [3.05, 3.63) is 35.6 Å². The maximum absolute atomic E-state index is 14.0. The van der Waals surface area contributed by atoms with E-state index in [0.29, 0.717) is 51.0 Å². The molecule has 11 heteroatoms. The molecule has 0 bridgehead atoms. The van der Waals surface area contributed by atoms with Gasteiger partial charge in [-0.3, -0.25) is 14.4 Å². The Kier molecular flexibility index (Phi) is 14.4. The minimum Gasteiger partial charge on any atom is -0.351 e. The molecule has 2 saturated heterocycles. The van der Waals surface area contributed by atoms with Gasteiger partial charge in [-0.2, -0.15) is 0 Å². The van der Waals surface area contributed by atoms with E-state index < -0.39 is 17.5 Å². The maximum atomic E-state index is 14.0. The molecule has 3 fully saturated rings. The van der Waals surface area contributed by atoms with Crippen molar-refractivity contribution in [2.45, 2.75) is 109 Å². The summed E-state index contributed by atoms with van der Waals surface area (Å²) in [4.78, 5) is 45.3. The van der Waals surface area contributed by atoms with Gasteiger partial charge in [-0.1, -0.05) is 38.3 Å². The summed E-state index contributed by atoms with van der Waals surface area (Å²) in [6.07, 6.45) is 8.13. The van der Waals surface area contributed by atoms with Crippen LogP contribution in [0.5, 0.6) is 0 Å². The zero-order chi connectivity index (χ0) is 30.5. The monoisotopic (exact) mass is 657 g/mol. The highest BCUT2D eigenvalue weighted by Crippen LogP contribution is 2.46. The van der Waals surface area contributed by atoms with E-state index in [1.807, 2.05) is 32.7 Å². The normalized spacial score (nSPS) is 23.5. The van der Waals surface area contributed by atoms with E-state index in [1.165, 1.54) is 18.6 Å². The minimum absolute atomic E-state index is 0. The van der Waals surface area contributed by atoms with Crippen molar-refractivity contribution < 1.29 is 18.8 Å². The number of rotatable bonds is 8. The summed E-state index contributed by atoms with van der Waals surface area (Å²) in [7, 11) is 2.03. The predicted octanol–water partition coefficient (Wildman–Crippen LogP) is 4.48. The third kappa shape index (κ3) is 9.54. The van der Waals surface area contributed by atoms with Gasteiger partial charge < -0.3 is 25.8 Å². The van der Waals surface area contributed by atoms with Crippen LogP contribution in [-0.2, 0) is 20.8 Å². The highest BCUT2D eigenvalue weighted by molar-refractivity contribution is 5.91. The van der Waals surface area contributed by atoms with Crippen molar-refractivity contribution in [3.63, 3.8) is 0 Å². The Hall–Kier alpha value is -1.94. The number of nitrogens with one attached hydrogen (secondary N) is 3. The van der Waals surface area contributed by atoms with E-state index in [-0.39, 0.29) is 60.3 Å². The molecule has 2 aliphatic heterocycles. The van der Waals surface area contributed by atoms with E-state index in [2.05, 4.69) is 27.8 Å². The van der Waals surface area contributed by atoms with Crippen LogP contribution < -0.4 is 16.0 Å². The molecule has 0 radical (unpaired) electrons. The number of nitrogens with zero attached hydrogens (tertiary/aromatic N) is 2. The van der Waals surface area contributed by atoms with Gasteiger partial charge in [0.05, 0.1) is 11.5 Å². The first kappa shape index (κ1) is 38.2. The number of hydrogen-bond donors (Lipinski definition) is 3. The summed E-state index contributed by atoms with van der Waals surface area (Å²) in [5.74, 6) is -0.245. The molecular formula is C33H54Cl2FN5O3. The lowest BCUT2D eigenvalue weighted by Gasteiger charge is -2.48. The van der Waals surface area contributed by atoms with Gasteiger partial charge in [0.2, 0.25) is 17.7 Å². The largest absolute Gasteiger partial charge is 0.351 e. The Morgan fingerprint density at radius 2 is 1.66 bits per heavy atom. The van der Waals surface area contributed by atoms with E-state index in [1.54, 1.807) is 12.1 Å². The number of benzene rings is 1. The zero-order valence-corrected chi connectivity index (χ0v) is 28.8. The van der Waals surface area contributed by atoms with E-state index in [9.17, 15) is 18.8 Å². The highest BCUT2D eigenvalue weighted by Gasteiger charge is 2.49. The molecule has 44 heavy (non-hydrogen) atoms. The first-order valence-electron chi connectivity index (χ1n) is 16.0. The third-order valence-electron chi connectivity index (χ3n) is 9.74. The van der Waals surface area contributed by atoms with Crippen LogP contribution in [-0.4, -0.2) is 84.4 Å². The van der Waals surface area contributed by atoms with Gasteiger partial charge in [-0.25, -0.2) is 4.39 Å². The van der Waals surface area contributed by atoms with Gasteiger partial charge in [0, 0.05) is 44.2 Å². The Morgan fingerprint density at radius 3 is 2.20 bits per heavy atom. The SMILES string of the molecule is CC[C@H]1CN[C@H](C(=O)N[C@H](Cc2ccc(F)cc2)C(=O)N2CCC(C(=O)NC(C)(C)C)(C3CCCCC3)CC2)CN1C.Cl.Cl. The minimum atomic E-state index is -0.774. The van der Waals surface area contributed by atoms with Crippen LogP contribution in [0.15, 0.2) is 24.3 Å². The second-order valence-corrected chi connectivity index (χ2v) is 13.9. The van der Waals surface area contributed by atoms with Gasteiger partial charge in [0.1, 0.15) is 11.9 Å². The summed E-state index contributed by atoms with van der Waals surface area (Å²) in [6.45, 7) is 10.4. The molecule has 2 heterocycles. The predicted molar refractivity (Wildman–Crippen MR) is 178 cm³/mol. The number of likely N-dealkylation sites (N-methyl/N-ethyl adjacent to an activating group) is 1. The molecule has 8 nitrogen and oxygen atoms in total. The lowest BCUT2D eigenvalue weighted by Crippen LogP contribution is -2.63. The van der Waals surface area contributed by atoms with Crippen molar-refractivity contribution in [3.8, 4) is 0 Å². The quantitative estimate of drug-likeness (QED) is 0.383. The number of halogens is 3. The van der Waals surface area contributed by atoms with E-state index in [0.717, 1.165) is 37.7 Å². The smallest absolute Gasteiger partial charge is 0.245 e. The van der Waals surface area contributed by atoms with Gasteiger partial charge in [-0.15, -0.1) is 24.8 Å². The van der Waals surface area contributed by atoms with E-state index >= 15 is 0 Å². The van der Waals surface area contributed by atoms with Crippen molar-refractivity contribution in [2.24, 2.45) is 11.3 Å². The van der Waals surface area contributed by atoms with Crippen LogP contribution in [0.1, 0.15) is 84.6 Å². The van der Waals surface area contributed by atoms with E-state index in [4.69, 9.17) is 0 Å². The van der Waals surface area contributed by atoms with Crippen molar-refractivity contribution in [1.82, 2.24) is 25.8 Å². The summed E-state index contributed by atoms with van der Waals surface area (Å²) in [6, 6.07) is 5.29. The Morgan fingerprint density at radius 1 is 1.05 bits per heavy atom. The van der Waals surface area contributed by atoms with Crippen LogP contribution in [0.25, 0.3) is 0 Å². The molecule has 0 spiro atoms. The fourth-order valence-electron chi connectivity index (χ4n) is 7.18. The lowest BCUT2D eigenvalue weighted by molar-refractivity contribution is -0.147. The van der Waals surface area contributed by atoms with Crippen molar-refractivity contribution >= 4 is 42.5 Å². The second kappa shape index (κ2) is 16.6. The zero-order valence-electron chi connectivity index (χ0n) is 27.1. The number of likely N-dealkylation sites (tertiary alicyclic amines) is 1. The summed E-state index contributed by atoms with van der Waals surface area (Å²) in [5.41, 5.74) is -0.0192. The van der Waals surface area contributed by atoms with Gasteiger partial charge in [0.15, 0.2) is 0 Å². The molecule has 1 saturated carbocycles. The number of carbonyl (C=O) groups excluding carboxylic acids is 3. The maximum Gasteiger partial charge on any atom is 0.245 e.